The number of aliphatic hydroxyl groups is 1. The van der Waals surface area contributed by atoms with Gasteiger partial charge in [0.15, 0.2) is 5.78 Å². The number of carboxylic acids is 1. The van der Waals surface area contributed by atoms with Crippen molar-refractivity contribution in [2.75, 3.05) is 6.54 Å². The summed E-state index contributed by atoms with van der Waals surface area (Å²) in [5.41, 5.74) is -0.580. The van der Waals surface area contributed by atoms with Crippen molar-refractivity contribution in [3.05, 3.63) is 74.8 Å². The predicted octanol–water partition coefficient (Wildman–Crippen LogP) is 3.35. The van der Waals surface area contributed by atoms with E-state index >= 15 is 0 Å². The first-order valence-corrected chi connectivity index (χ1v) is 8.96. The lowest BCUT2D eigenvalue weighted by Crippen LogP contribution is -2.44. The molecule has 3 N–H and O–H groups in total. The molecule has 0 aromatic heterocycles. The van der Waals surface area contributed by atoms with Crippen LogP contribution in [0.2, 0.25) is 10.0 Å². The zero-order valence-corrected chi connectivity index (χ0v) is 16.1. The normalized spacial score (nSPS) is 18.6. The molecule has 0 radical (unpaired) electrons. The Bertz CT molecular complexity index is 1030. The molecule has 1 amide bonds. The number of rotatable bonds is 4. The van der Waals surface area contributed by atoms with Crippen LogP contribution < -0.4 is 5.32 Å². The second kappa shape index (κ2) is 7.30. The zero-order chi connectivity index (χ0) is 20.6. The molecule has 2 aromatic rings. The monoisotopic (exact) mass is 419 g/mol. The van der Waals surface area contributed by atoms with E-state index in [9.17, 15) is 19.5 Å². The Labute approximate surface area is 170 Å². The van der Waals surface area contributed by atoms with Crippen molar-refractivity contribution in [1.82, 2.24) is 5.32 Å². The highest BCUT2D eigenvalue weighted by molar-refractivity contribution is 6.32. The van der Waals surface area contributed by atoms with Crippen molar-refractivity contribution in [3.8, 4) is 0 Å². The van der Waals surface area contributed by atoms with Crippen molar-refractivity contribution >= 4 is 46.6 Å². The van der Waals surface area contributed by atoms with Crippen molar-refractivity contribution in [1.29, 1.82) is 0 Å². The molecule has 1 atom stereocenters. The minimum absolute atomic E-state index is 0.227. The van der Waals surface area contributed by atoms with Crippen LogP contribution in [0.25, 0.3) is 5.76 Å². The van der Waals surface area contributed by atoms with Crippen LogP contribution in [-0.2, 0) is 19.8 Å². The lowest BCUT2D eigenvalue weighted by atomic mass is 9.66. The molecule has 3 rings (SSSR count). The van der Waals surface area contributed by atoms with Crippen molar-refractivity contribution < 1.29 is 24.6 Å². The number of hydrogen-bond donors (Lipinski definition) is 3. The van der Waals surface area contributed by atoms with Crippen LogP contribution in [0.3, 0.4) is 0 Å². The molecule has 0 saturated carbocycles. The highest BCUT2D eigenvalue weighted by Crippen LogP contribution is 2.44. The standard InChI is InChI=1S/C20H15Cl2NO5/c1-20(10-2-4-11(21)5-3-10)14-7-6-12(22)8-13(14)17(26)16(18(20)27)19(28)23-9-15(24)25/h2-8,26H,9H2,1H3,(H,23,28)(H,24,25)/t20-/m1/s1. The second-order valence-electron chi connectivity index (χ2n) is 6.45. The highest BCUT2D eigenvalue weighted by Gasteiger charge is 2.47. The summed E-state index contributed by atoms with van der Waals surface area (Å²) in [7, 11) is 0. The van der Waals surface area contributed by atoms with E-state index in [1.54, 1.807) is 43.3 Å². The van der Waals surface area contributed by atoms with Crippen LogP contribution in [0, 0.1) is 0 Å². The van der Waals surface area contributed by atoms with E-state index in [1.165, 1.54) is 6.07 Å². The maximum Gasteiger partial charge on any atom is 0.322 e. The fourth-order valence-electron chi connectivity index (χ4n) is 3.29. The molecular formula is C20H15Cl2NO5. The van der Waals surface area contributed by atoms with E-state index in [-0.39, 0.29) is 5.56 Å². The number of carbonyl (C=O) groups is 3. The van der Waals surface area contributed by atoms with Crippen LogP contribution in [0.4, 0.5) is 0 Å². The third-order valence-corrected chi connectivity index (χ3v) is 5.23. The second-order valence-corrected chi connectivity index (χ2v) is 7.32. The molecule has 0 saturated heterocycles. The fraction of sp³-hybridized carbons (Fsp3) is 0.150. The topological polar surface area (TPSA) is 104 Å². The smallest absolute Gasteiger partial charge is 0.322 e. The number of Topliss-reactive ketones (excluding diaryl/α,β-unsaturated/α-hetero) is 1. The molecule has 0 bridgehead atoms. The van der Waals surface area contributed by atoms with Gasteiger partial charge in [-0.25, -0.2) is 0 Å². The predicted molar refractivity (Wildman–Crippen MR) is 105 cm³/mol. The summed E-state index contributed by atoms with van der Waals surface area (Å²) in [6.45, 7) is 0.936. The van der Waals surface area contributed by atoms with Crippen LogP contribution in [-0.4, -0.2) is 34.4 Å². The van der Waals surface area contributed by atoms with E-state index in [0.29, 0.717) is 21.2 Å². The summed E-state index contributed by atoms with van der Waals surface area (Å²) in [4.78, 5) is 36.7. The molecule has 144 valence electrons. The maximum absolute atomic E-state index is 13.4. The number of fused-ring (bicyclic) bond motifs is 1. The van der Waals surface area contributed by atoms with Gasteiger partial charge in [0.25, 0.3) is 5.91 Å². The fourth-order valence-corrected chi connectivity index (χ4v) is 3.59. The van der Waals surface area contributed by atoms with Crippen molar-refractivity contribution in [2.45, 2.75) is 12.3 Å². The number of nitrogens with one attached hydrogen (secondary N) is 1. The van der Waals surface area contributed by atoms with E-state index < -0.39 is 41.0 Å². The molecule has 1 aliphatic carbocycles. The molecule has 0 unspecified atom stereocenters. The van der Waals surface area contributed by atoms with Gasteiger partial charge in [-0.2, -0.15) is 0 Å². The molecule has 8 heteroatoms. The Morgan fingerprint density at radius 3 is 2.29 bits per heavy atom. The Balaban J connectivity index is 2.23. The Morgan fingerprint density at radius 2 is 1.68 bits per heavy atom. The van der Waals surface area contributed by atoms with Gasteiger partial charge in [0.1, 0.15) is 17.9 Å². The third-order valence-electron chi connectivity index (χ3n) is 4.74. The number of carbonyl (C=O) groups excluding carboxylic acids is 2. The SMILES string of the molecule is C[C@]1(c2ccc(Cl)cc2)C(=O)C(C(=O)NCC(=O)O)=C(O)c2cc(Cl)ccc21. The molecule has 2 aromatic carbocycles. The maximum atomic E-state index is 13.4. The summed E-state index contributed by atoms with van der Waals surface area (Å²) in [6.07, 6.45) is 0. The zero-order valence-electron chi connectivity index (χ0n) is 14.6. The third kappa shape index (κ3) is 3.25. The quantitative estimate of drug-likeness (QED) is 0.659. The van der Waals surface area contributed by atoms with Crippen LogP contribution >= 0.6 is 23.2 Å². The van der Waals surface area contributed by atoms with Crippen LogP contribution in [0.1, 0.15) is 23.6 Å². The Kier molecular flexibility index (Phi) is 5.19. The number of ketones is 1. The highest BCUT2D eigenvalue weighted by atomic mass is 35.5. The largest absolute Gasteiger partial charge is 0.506 e. The minimum atomic E-state index is -1.31. The first-order valence-electron chi connectivity index (χ1n) is 8.20. The van der Waals surface area contributed by atoms with Crippen LogP contribution in [0.5, 0.6) is 0 Å². The van der Waals surface area contributed by atoms with Crippen LogP contribution in [0.15, 0.2) is 48.0 Å². The van der Waals surface area contributed by atoms with Gasteiger partial charge in [-0.1, -0.05) is 41.4 Å². The number of halogens is 2. The molecule has 28 heavy (non-hydrogen) atoms. The molecular weight excluding hydrogens is 405 g/mol. The number of benzene rings is 2. The summed E-state index contributed by atoms with van der Waals surface area (Å²) < 4.78 is 0. The molecule has 0 spiro atoms. The molecule has 0 fully saturated rings. The number of aliphatic carboxylic acids is 1. The number of hydrogen-bond acceptors (Lipinski definition) is 4. The lowest BCUT2D eigenvalue weighted by molar-refractivity contribution is -0.138. The van der Waals surface area contributed by atoms with Crippen molar-refractivity contribution in [2.24, 2.45) is 0 Å². The first kappa shape index (κ1) is 19.9. The molecule has 0 aliphatic heterocycles. The van der Waals surface area contributed by atoms with Gasteiger partial charge in [0.2, 0.25) is 0 Å². The Hall–Kier alpha value is -2.83. The van der Waals surface area contributed by atoms with Gasteiger partial charge >= 0.3 is 5.97 Å². The van der Waals surface area contributed by atoms with Gasteiger partial charge < -0.3 is 15.5 Å². The summed E-state index contributed by atoms with van der Waals surface area (Å²) in [5, 5.41) is 22.3. The van der Waals surface area contributed by atoms with Gasteiger partial charge in [-0.15, -0.1) is 0 Å². The summed E-state index contributed by atoms with van der Waals surface area (Å²) in [6, 6.07) is 11.2. The molecule has 6 nitrogen and oxygen atoms in total. The molecule has 1 aliphatic rings. The number of aliphatic hydroxyl groups excluding tert-OH is 1. The van der Waals surface area contributed by atoms with E-state index in [1.807, 2.05) is 0 Å². The minimum Gasteiger partial charge on any atom is -0.506 e. The number of carboxylic acid groups (broad SMARTS) is 1. The molecule has 0 heterocycles. The van der Waals surface area contributed by atoms with E-state index in [0.717, 1.165) is 0 Å². The first-order chi connectivity index (χ1) is 13.2. The average Bonchev–Trinajstić information content (AvgIpc) is 2.65. The average molecular weight is 420 g/mol. The van der Waals surface area contributed by atoms with Gasteiger partial charge in [0, 0.05) is 15.6 Å². The Morgan fingerprint density at radius 1 is 1.07 bits per heavy atom. The van der Waals surface area contributed by atoms with Crippen molar-refractivity contribution in [3.63, 3.8) is 0 Å². The summed E-state index contributed by atoms with van der Waals surface area (Å²) >= 11 is 12.0. The lowest BCUT2D eigenvalue weighted by Gasteiger charge is -2.35. The van der Waals surface area contributed by atoms with Gasteiger partial charge in [0.05, 0.1) is 5.41 Å². The number of amides is 1. The van der Waals surface area contributed by atoms with E-state index in [4.69, 9.17) is 28.3 Å². The van der Waals surface area contributed by atoms with E-state index in [2.05, 4.69) is 5.32 Å². The van der Waals surface area contributed by atoms with Gasteiger partial charge in [-0.05, 0) is 42.3 Å². The summed E-state index contributed by atoms with van der Waals surface area (Å²) in [5.74, 6) is -3.46. The van der Waals surface area contributed by atoms with Gasteiger partial charge in [-0.3, -0.25) is 14.4 Å².